The van der Waals surface area contributed by atoms with E-state index in [1.807, 2.05) is 12.1 Å². The first kappa shape index (κ1) is 10.1. The topological polar surface area (TPSA) is 9.23 Å². The van der Waals surface area contributed by atoms with Gasteiger partial charge in [0.25, 0.3) is 0 Å². The third-order valence-electron chi connectivity index (χ3n) is 1.69. The quantitative estimate of drug-likeness (QED) is 0.674. The smallest absolute Gasteiger partial charge is 0.119 e. The van der Waals surface area contributed by atoms with Crippen molar-refractivity contribution in [1.29, 1.82) is 0 Å². The number of hydrogen-bond donors (Lipinski definition) is 0. The fourth-order valence-electron chi connectivity index (χ4n) is 0.934. The molecule has 0 atom stereocenters. The molecule has 13 heavy (non-hydrogen) atoms. The second-order valence-corrected chi connectivity index (χ2v) is 4.66. The molecule has 0 aliphatic heterocycles. The summed E-state index contributed by atoms with van der Waals surface area (Å²) in [5.41, 5.74) is 1.49. The van der Waals surface area contributed by atoms with Crippen LogP contribution in [0, 0.1) is 12.3 Å². The van der Waals surface area contributed by atoms with Crippen LogP contribution in [0.4, 0.5) is 0 Å². The monoisotopic (exact) mass is 178 g/mol. The molecule has 72 valence electrons. The van der Waals surface area contributed by atoms with Crippen LogP contribution in [0.15, 0.2) is 24.3 Å². The minimum atomic E-state index is 0.227. The summed E-state index contributed by atoms with van der Waals surface area (Å²) in [4.78, 5) is 0. The van der Waals surface area contributed by atoms with Gasteiger partial charge >= 0.3 is 0 Å². The highest BCUT2D eigenvalue weighted by molar-refractivity contribution is 5.26. The van der Waals surface area contributed by atoms with E-state index in [1.165, 1.54) is 5.56 Å². The Hall–Kier alpha value is -0.980. The minimum Gasteiger partial charge on any atom is -0.493 e. The lowest BCUT2D eigenvalue weighted by molar-refractivity contribution is 0.198. The highest BCUT2D eigenvalue weighted by Gasteiger charge is 2.10. The lowest BCUT2D eigenvalue weighted by Crippen LogP contribution is -2.16. The van der Waals surface area contributed by atoms with Crippen LogP contribution >= 0.6 is 0 Å². The van der Waals surface area contributed by atoms with Gasteiger partial charge in [0.15, 0.2) is 0 Å². The van der Waals surface area contributed by atoms with E-state index in [1.54, 1.807) is 0 Å². The zero-order valence-electron chi connectivity index (χ0n) is 8.92. The summed E-state index contributed by atoms with van der Waals surface area (Å²) >= 11 is 0. The van der Waals surface area contributed by atoms with Crippen LogP contribution < -0.4 is 4.74 Å². The maximum absolute atomic E-state index is 5.63. The van der Waals surface area contributed by atoms with Crippen molar-refractivity contribution in [2.45, 2.75) is 27.7 Å². The Morgan fingerprint density at radius 3 is 2.08 bits per heavy atom. The van der Waals surface area contributed by atoms with Crippen molar-refractivity contribution in [1.82, 2.24) is 0 Å². The van der Waals surface area contributed by atoms with E-state index in [4.69, 9.17) is 4.74 Å². The molecule has 0 spiro atoms. The Morgan fingerprint density at radius 2 is 1.62 bits per heavy atom. The van der Waals surface area contributed by atoms with Crippen LogP contribution in [0.1, 0.15) is 26.3 Å². The van der Waals surface area contributed by atoms with Crippen molar-refractivity contribution in [2.75, 3.05) is 6.61 Å². The average Bonchev–Trinajstić information content (AvgIpc) is 2.02. The molecular formula is C12H18O. The summed E-state index contributed by atoms with van der Waals surface area (Å²) in [6.45, 7) is 9.34. The predicted octanol–water partition coefficient (Wildman–Crippen LogP) is 3.42. The maximum Gasteiger partial charge on any atom is 0.119 e. The third-order valence-corrected chi connectivity index (χ3v) is 1.69. The number of aryl methyl sites for hydroxylation is 1. The summed E-state index contributed by atoms with van der Waals surface area (Å²) in [5, 5.41) is 0. The summed E-state index contributed by atoms with van der Waals surface area (Å²) < 4.78 is 5.63. The van der Waals surface area contributed by atoms with Gasteiger partial charge in [-0.15, -0.1) is 0 Å². The van der Waals surface area contributed by atoms with Gasteiger partial charge in [-0.05, 0) is 24.5 Å². The highest BCUT2D eigenvalue weighted by Crippen LogP contribution is 2.17. The molecule has 1 aromatic rings. The second-order valence-electron chi connectivity index (χ2n) is 4.66. The fraction of sp³-hybridized carbons (Fsp3) is 0.500. The second kappa shape index (κ2) is 3.82. The van der Waals surface area contributed by atoms with E-state index in [0.717, 1.165) is 12.4 Å². The lowest BCUT2D eigenvalue weighted by atomic mass is 9.99. The molecule has 0 amide bonds. The Bertz CT molecular complexity index is 253. The van der Waals surface area contributed by atoms with Crippen molar-refractivity contribution in [2.24, 2.45) is 5.41 Å². The SMILES string of the molecule is Cc1ccc(OCC(C)(C)C)cc1. The number of benzene rings is 1. The maximum atomic E-state index is 5.63. The van der Waals surface area contributed by atoms with Crippen molar-refractivity contribution >= 4 is 0 Å². The average molecular weight is 178 g/mol. The summed E-state index contributed by atoms with van der Waals surface area (Å²) in [6, 6.07) is 8.16. The summed E-state index contributed by atoms with van der Waals surface area (Å²) in [6.07, 6.45) is 0. The molecule has 0 aliphatic rings. The van der Waals surface area contributed by atoms with E-state index in [-0.39, 0.29) is 5.41 Å². The molecule has 0 aromatic heterocycles. The van der Waals surface area contributed by atoms with Gasteiger partial charge in [0.2, 0.25) is 0 Å². The Morgan fingerprint density at radius 1 is 1.08 bits per heavy atom. The van der Waals surface area contributed by atoms with E-state index in [0.29, 0.717) is 0 Å². The molecule has 1 rings (SSSR count). The minimum absolute atomic E-state index is 0.227. The highest BCUT2D eigenvalue weighted by atomic mass is 16.5. The van der Waals surface area contributed by atoms with Crippen LogP contribution in [0.3, 0.4) is 0 Å². The molecule has 0 aliphatic carbocycles. The van der Waals surface area contributed by atoms with Gasteiger partial charge in [0, 0.05) is 0 Å². The van der Waals surface area contributed by atoms with Gasteiger partial charge in [-0.3, -0.25) is 0 Å². The first-order chi connectivity index (χ1) is 5.97. The first-order valence-corrected chi connectivity index (χ1v) is 4.67. The van der Waals surface area contributed by atoms with Crippen molar-refractivity contribution in [3.63, 3.8) is 0 Å². The van der Waals surface area contributed by atoms with E-state index in [2.05, 4.69) is 39.8 Å². The van der Waals surface area contributed by atoms with Gasteiger partial charge in [-0.1, -0.05) is 38.5 Å². The standard InChI is InChI=1S/C12H18O/c1-10-5-7-11(8-6-10)13-9-12(2,3)4/h5-8H,9H2,1-4H3. The molecule has 0 unspecified atom stereocenters. The van der Waals surface area contributed by atoms with Crippen LogP contribution in [0.5, 0.6) is 5.75 Å². The first-order valence-electron chi connectivity index (χ1n) is 4.67. The van der Waals surface area contributed by atoms with E-state index < -0.39 is 0 Å². The van der Waals surface area contributed by atoms with Crippen LogP contribution in [-0.2, 0) is 0 Å². The largest absolute Gasteiger partial charge is 0.493 e. The van der Waals surface area contributed by atoms with E-state index >= 15 is 0 Å². The van der Waals surface area contributed by atoms with Crippen molar-refractivity contribution < 1.29 is 4.74 Å². The van der Waals surface area contributed by atoms with Crippen molar-refractivity contribution in [3.05, 3.63) is 29.8 Å². The van der Waals surface area contributed by atoms with Gasteiger partial charge in [0.1, 0.15) is 5.75 Å². The molecule has 0 radical (unpaired) electrons. The molecular weight excluding hydrogens is 160 g/mol. The normalized spacial score (nSPS) is 11.4. The fourth-order valence-corrected chi connectivity index (χ4v) is 0.934. The van der Waals surface area contributed by atoms with Crippen molar-refractivity contribution in [3.8, 4) is 5.75 Å². The summed E-state index contributed by atoms with van der Waals surface area (Å²) in [7, 11) is 0. The van der Waals surface area contributed by atoms with Gasteiger partial charge in [-0.25, -0.2) is 0 Å². The van der Waals surface area contributed by atoms with Gasteiger partial charge in [0.05, 0.1) is 6.61 Å². The summed E-state index contributed by atoms with van der Waals surface area (Å²) in [5.74, 6) is 0.959. The zero-order chi connectivity index (χ0) is 9.90. The van der Waals surface area contributed by atoms with Crippen LogP contribution in [0.25, 0.3) is 0 Å². The van der Waals surface area contributed by atoms with E-state index in [9.17, 15) is 0 Å². The molecule has 1 aromatic carbocycles. The van der Waals surface area contributed by atoms with Crippen LogP contribution in [0.2, 0.25) is 0 Å². The molecule has 1 nitrogen and oxygen atoms in total. The molecule has 0 N–H and O–H groups in total. The molecule has 0 saturated carbocycles. The number of ether oxygens (including phenoxy) is 1. The Labute approximate surface area is 80.7 Å². The zero-order valence-corrected chi connectivity index (χ0v) is 8.92. The number of rotatable bonds is 2. The van der Waals surface area contributed by atoms with Gasteiger partial charge < -0.3 is 4.74 Å². The predicted molar refractivity (Wildman–Crippen MR) is 56.1 cm³/mol. The molecule has 0 heterocycles. The Balaban J connectivity index is 2.51. The van der Waals surface area contributed by atoms with Crippen LogP contribution in [-0.4, -0.2) is 6.61 Å². The molecule has 0 saturated heterocycles. The molecule has 1 heteroatoms. The lowest BCUT2D eigenvalue weighted by Gasteiger charge is -2.18. The number of hydrogen-bond acceptors (Lipinski definition) is 1. The Kier molecular flexibility index (Phi) is 2.97. The molecule has 0 fully saturated rings. The molecule has 0 bridgehead atoms. The third kappa shape index (κ3) is 3.97. The van der Waals surface area contributed by atoms with Gasteiger partial charge in [-0.2, -0.15) is 0 Å².